The van der Waals surface area contributed by atoms with Crippen molar-refractivity contribution in [3.05, 3.63) is 40.2 Å². The van der Waals surface area contributed by atoms with Crippen LogP contribution in [0.1, 0.15) is 18.9 Å². The van der Waals surface area contributed by atoms with Gasteiger partial charge >= 0.3 is 17.4 Å². The summed E-state index contributed by atoms with van der Waals surface area (Å²) in [7, 11) is 0. The van der Waals surface area contributed by atoms with Crippen LogP contribution in [0.5, 0.6) is 5.75 Å². The molecule has 1 unspecified atom stereocenters. The number of carboxylic acids is 1. The molecule has 33 heavy (non-hydrogen) atoms. The van der Waals surface area contributed by atoms with E-state index in [1.165, 1.54) is 18.2 Å². The van der Waals surface area contributed by atoms with Crippen LogP contribution in [0, 0.1) is 6.92 Å². The van der Waals surface area contributed by atoms with E-state index in [1.54, 1.807) is 13.0 Å². The summed E-state index contributed by atoms with van der Waals surface area (Å²) < 4.78 is 16.3. The zero-order valence-electron chi connectivity index (χ0n) is 17.8. The first-order valence-corrected chi connectivity index (χ1v) is 10.0. The van der Waals surface area contributed by atoms with Crippen molar-refractivity contribution in [2.75, 3.05) is 6.61 Å². The van der Waals surface area contributed by atoms with Crippen molar-refractivity contribution < 1.29 is 49.0 Å². The number of fused-ring (bicyclic) bond motifs is 1. The number of aryl methyl sites for hydroxylation is 1. The highest BCUT2D eigenvalue weighted by molar-refractivity contribution is 5.82. The Kier molecular flexibility index (Phi) is 7.05. The molecule has 0 radical (unpaired) electrons. The summed E-state index contributed by atoms with van der Waals surface area (Å²) in [5.74, 6) is -4.90. The molecule has 1 fully saturated rings. The Bertz CT molecular complexity index is 1100. The lowest BCUT2D eigenvalue weighted by Crippen LogP contribution is -2.68. The van der Waals surface area contributed by atoms with Gasteiger partial charge in [0.25, 0.3) is 0 Å². The minimum atomic E-state index is -2.55. The standard InChI is InChI=1S/C21H25NO11/c1-9-5-16(27)31-15-6-11(3-4-12(9)15)32-21(20(29)30)7-13(25)17(22-10(2)24)19(33-21)18(28)14(26)8-23/h3-6,13-14,17-19,23,25-26,28H,7-8H2,1-2H3,(H,22,24)(H,29,30)/t13-,14-,17+,18-,19?,21-/m0/s1. The lowest BCUT2D eigenvalue weighted by molar-refractivity contribution is -0.284. The number of aliphatic carboxylic acids is 1. The maximum atomic E-state index is 12.2. The Balaban J connectivity index is 2.01. The Morgan fingerprint density at radius 3 is 2.61 bits per heavy atom. The molecule has 12 nitrogen and oxygen atoms in total. The van der Waals surface area contributed by atoms with Gasteiger partial charge in [-0.15, -0.1) is 0 Å². The van der Waals surface area contributed by atoms with Crippen molar-refractivity contribution in [2.24, 2.45) is 0 Å². The second-order valence-corrected chi connectivity index (χ2v) is 7.89. The molecule has 2 heterocycles. The predicted octanol–water partition coefficient (Wildman–Crippen LogP) is -1.37. The first-order valence-electron chi connectivity index (χ1n) is 10.0. The van der Waals surface area contributed by atoms with E-state index in [0.717, 1.165) is 6.92 Å². The molecule has 0 bridgehead atoms. The number of carbonyl (C=O) groups excluding carboxylic acids is 1. The fraction of sp³-hybridized carbons (Fsp3) is 0.476. The van der Waals surface area contributed by atoms with Crippen molar-refractivity contribution in [2.45, 2.75) is 56.5 Å². The minimum Gasteiger partial charge on any atom is -0.476 e. The van der Waals surface area contributed by atoms with Crippen LogP contribution in [0.15, 0.2) is 33.5 Å². The molecule has 0 spiro atoms. The average Bonchev–Trinajstić information content (AvgIpc) is 2.73. The van der Waals surface area contributed by atoms with Gasteiger partial charge in [0.05, 0.1) is 25.2 Å². The van der Waals surface area contributed by atoms with Crippen molar-refractivity contribution in [3.8, 4) is 5.75 Å². The molecular weight excluding hydrogens is 442 g/mol. The average molecular weight is 467 g/mol. The predicted molar refractivity (Wildman–Crippen MR) is 110 cm³/mol. The Morgan fingerprint density at radius 1 is 1.30 bits per heavy atom. The molecular formula is C21H25NO11. The number of hydrogen-bond acceptors (Lipinski definition) is 10. The summed E-state index contributed by atoms with van der Waals surface area (Å²) in [5, 5.41) is 53.0. The largest absolute Gasteiger partial charge is 0.476 e. The van der Waals surface area contributed by atoms with Crippen molar-refractivity contribution in [3.63, 3.8) is 0 Å². The summed E-state index contributed by atoms with van der Waals surface area (Å²) in [6, 6.07) is 4.21. The number of carbonyl (C=O) groups is 2. The normalized spacial score (nSPS) is 27.0. The maximum Gasteiger partial charge on any atom is 0.377 e. The fourth-order valence-electron chi connectivity index (χ4n) is 3.79. The van der Waals surface area contributed by atoms with Gasteiger partial charge in [-0.2, -0.15) is 0 Å². The number of carboxylic acid groups (broad SMARTS) is 1. The molecule has 180 valence electrons. The molecule has 1 aromatic heterocycles. The number of hydrogen-bond donors (Lipinski definition) is 6. The number of aliphatic hydroxyl groups excluding tert-OH is 4. The van der Waals surface area contributed by atoms with Crippen LogP contribution in [-0.4, -0.2) is 80.3 Å². The SMILES string of the molecule is CC(=O)N[C@H]1C([C@@H](O)[C@@H](O)CO)O[C@](Oc2ccc3c(C)cc(=O)oc3c2)(C(=O)O)C[C@@H]1O. The van der Waals surface area contributed by atoms with E-state index < -0.39 is 66.8 Å². The number of ether oxygens (including phenoxy) is 2. The second kappa shape index (κ2) is 9.45. The Hall–Kier alpha value is -3.03. The number of rotatable bonds is 7. The highest BCUT2D eigenvalue weighted by Gasteiger charge is 2.56. The maximum absolute atomic E-state index is 12.2. The molecule has 0 aliphatic carbocycles. The minimum absolute atomic E-state index is 0.0835. The third-order valence-corrected chi connectivity index (χ3v) is 5.39. The summed E-state index contributed by atoms with van der Waals surface area (Å²) in [5.41, 5.74) is 0.135. The summed E-state index contributed by atoms with van der Waals surface area (Å²) in [4.78, 5) is 35.5. The lowest BCUT2D eigenvalue weighted by atomic mass is 9.88. The van der Waals surface area contributed by atoms with Gasteiger partial charge in [-0.25, -0.2) is 9.59 Å². The molecule has 6 N–H and O–H groups in total. The monoisotopic (exact) mass is 467 g/mol. The van der Waals surface area contributed by atoms with E-state index in [4.69, 9.17) is 13.9 Å². The molecule has 6 atom stereocenters. The lowest BCUT2D eigenvalue weighted by Gasteiger charge is -2.46. The fourth-order valence-corrected chi connectivity index (χ4v) is 3.79. The molecule has 0 saturated carbocycles. The first-order chi connectivity index (χ1) is 15.5. The van der Waals surface area contributed by atoms with Crippen LogP contribution >= 0.6 is 0 Å². The van der Waals surface area contributed by atoms with E-state index in [9.17, 15) is 39.9 Å². The number of benzene rings is 1. The molecule has 2 aromatic rings. The van der Waals surface area contributed by atoms with Gasteiger partial charge in [0, 0.05) is 24.4 Å². The van der Waals surface area contributed by atoms with E-state index in [2.05, 4.69) is 5.32 Å². The number of nitrogens with one attached hydrogen (secondary N) is 1. The van der Waals surface area contributed by atoms with Crippen molar-refractivity contribution in [1.29, 1.82) is 0 Å². The van der Waals surface area contributed by atoms with Crippen LogP contribution in [0.25, 0.3) is 11.0 Å². The van der Waals surface area contributed by atoms with Gasteiger partial charge < -0.3 is 44.7 Å². The van der Waals surface area contributed by atoms with Crippen molar-refractivity contribution in [1.82, 2.24) is 5.32 Å². The van der Waals surface area contributed by atoms with Crippen LogP contribution in [0.2, 0.25) is 0 Å². The highest BCUT2D eigenvalue weighted by atomic mass is 16.7. The molecule has 12 heteroatoms. The van der Waals surface area contributed by atoms with Crippen LogP contribution in [0.4, 0.5) is 0 Å². The zero-order valence-corrected chi connectivity index (χ0v) is 17.8. The van der Waals surface area contributed by atoms with Gasteiger partial charge in [-0.05, 0) is 24.6 Å². The van der Waals surface area contributed by atoms with Crippen molar-refractivity contribution >= 4 is 22.8 Å². The van der Waals surface area contributed by atoms with Gasteiger partial charge in [0.1, 0.15) is 29.6 Å². The van der Waals surface area contributed by atoms with Crippen LogP contribution in [-0.2, 0) is 14.3 Å². The third kappa shape index (κ3) is 4.99. The molecule has 1 aliphatic rings. The highest BCUT2D eigenvalue weighted by Crippen LogP contribution is 2.35. The van der Waals surface area contributed by atoms with E-state index in [1.807, 2.05) is 0 Å². The summed E-state index contributed by atoms with van der Waals surface area (Å²) in [6.45, 7) is 1.94. The quantitative estimate of drug-likeness (QED) is 0.263. The Labute approximate surface area is 187 Å². The first kappa shape index (κ1) is 24.6. The smallest absolute Gasteiger partial charge is 0.377 e. The zero-order chi connectivity index (χ0) is 24.5. The number of aliphatic hydroxyl groups is 4. The van der Waals surface area contributed by atoms with E-state index >= 15 is 0 Å². The van der Waals surface area contributed by atoms with Gasteiger partial charge in [-0.1, -0.05) is 0 Å². The second-order valence-electron chi connectivity index (χ2n) is 7.89. The molecule has 1 saturated heterocycles. The van der Waals surface area contributed by atoms with E-state index in [0.29, 0.717) is 10.9 Å². The molecule has 1 aromatic carbocycles. The van der Waals surface area contributed by atoms with Gasteiger partial charge in [0.2, 0.25) is 5.91 Å². The number of amides is 1. The summed E-state index contributed by atoms with van der Waals surface area (Å²) in [6.07, 6.45) is -7.56. The molecule has 1 amide bonds. The molecule has 1 aliphatic heterocycles. The van der Waals surface area contributed by atoms with E-state index in [-0.39, 0.29) is 11.3 Å². The van der Waals surface area contributed by atoms with Crippen LogP contribution in [0.3, 0.4) is 0 Å². The summed E-state index contributed by atoms with van der Waals surface area (Å²) >= 11 is 0. The third-order valence-electron chi connectivity index (χ3n) is 5.39. The van der Waals surface area contributed by atoms with Gasteiger partial charge in [-0.3, -0.25) is 4.79 Å². The molecule has 3 rings (SSSR count). The van der Waals surface area contributed by atoms with Crippen LogP contribution < -0.4 is 15.7 Å². The Morgan fingerprint density at radius 2 is 2.00 bits per heavy atom. The van der Waals surface area contributed by atoms with Gasteiger partial charge in [0.15, 0.2) is 0 Å². The topological polar surface area (TPSA) is 196 Å².